The highest BCUT2D eigenvalue weighted by Gasteiger charge is 2.22. The normalized spacial score (nSPS) is 11.5. The van der Waals surface area contributed by atoms with Gasteiger partial charge in [-0.3, -0.25) is 4.79 Å². The molecule has 0 aliphatic heterocycles. The van der Waals surface area contributed by atoms with Crippen LogP contribution in [-0.4, -0.2) is 54.1 Å². The van der Waals surface area contributed by atoms with Gasteiger partial charge in [0, 0.05) is 37.5 Å². The number of nitrogens with zero attached hydrogens (tertiary/aromatic N) is 1. The average molecular weight is 420 g/mol. The molecule has 0 unspecified atom stereocenters. The third kappa shape index (κ3) is 5.27. The van der Waals surface area contributed by atoms with Gasteiger partial charge in [-0.25, -0.2) is 12.7 Å². The Kier molecular flexibility index (Phi) is 7.24. The summed E-state index contributed by atoms with van der Waals surface area (Å²) >= 11 is 0. The van der Waals surface area contributed by atoms with Gasteiger partial charge in [0.25, 0.3) is 0 Å². The maximum atomic E-state index is 12.5. The number of methoxy groups -OCH3 is 3. The molecule has 2 rings (SSSR count). The van der Waals surface area contributed by atoms with E-state index >= 15 is 0 Å². The summed E-state index contributed by atoms with van der Waals surface area (Å²) in [7, 11) is 3.56. The van der Waals surface area contributed by atoms with Crippen LogP contribution in [0, 0.1) is 0 Å². The van der Waals surface area contributed by atoms with Crippen molar-refractivity contribution in [1.29, 1.82) is 0 Å². The van der Waals surface area contributed by atoms with E-state index in [0.29, 0.717) is 22.7 Å². The average Bonchev–Trinajstić information content (AvgIpc) is 2.71. The van der Waals surface area contributed by atoms with Gasteiger partial charge in [-0.2, -0.15) is 0 Å². The number of amides is 1. The van der Waals surface area contributed by atoms with Gasteiger partial charge in [0.1, 0.15) is 22.1 Å². The van der Waals surface area contributed by atoms with Crippen LogP contribution in [0.1, 0.15) is 5.56 Å². The predicted molar refractivity (Wildman–Crippen MR) is 111 cm³/mol. The van der Waals surface area contributed by atoms with E-state index in [1.807, 2.05) is 0 Å². The molecule has 0 spiro atoms. The quantitative estimate of drug-likeness (QED) is 0.660. The lowest BCUT2D eigenvalue weighted by molar-refractivity contribution is -0.111. The number of ether oxygens (including phenoxy) is 3. The summed E-state index contributed by atoms with van der Waals surface area (Å²) in [6, 6.07) is 9.63. The third-order valence-corrected chi connectivity index (χ3v) is 5.88. The first-order valence-electron chi connectivity index (χ1n) is 8.54. The molecule has 0 bridgehead atoms. The minimum atomic E-state index is -3.74. The Hall–Kier alpha value is -3.04. The van der Waals surface area contributed by atoms with E-state index in [0.717, 1.165) is 4.31 Å². The zero-order valence-electron chi connectivity index (χ0n) is 16.9. The second kappa shape index (κ2) is 9.44. The second-order valence-corrected chi connectivity index (χ2v) is 8.20. The molecular formula is C20H24N2O6S. The van der Waals surface area contributed by atoms with E-state index in [1.165, 1.54) is 46.5 Å². The number of benzene rings is 2. The molecule has 0 saturated heterocycles. The number of carbonyl (C=O) groups excluding carboxylic acids is 1. The van der Waals surface area contributed by atoms with Crippen molar-refractivity contribution < 1.29 is 27.4 Å². The summed E-state index contributed by atoms with van der Waals surface area (Å²) in [5.74, 6) is 0.949. The van der Waals surface area contributed by atoms with Crippen LogP contribution in [0.3, 0.4) is 0 Å². The Morgan fingerprint density at radius 3 is 2.24 bits per heavy atom. The van der Waals surface area contributed by atoms with E-state index in [1.54, 1.807) is 37.5 Å². The molecule has 29 heavy (non-hydrogen) atoms. The standard InChI is InChI=1S/C20H24N2O6S/c1-22(2)29(24,25)19-12-15(8-10-17(19)27-4)21-20(23)11-7-14-6-9-16(26-3)13-18(14)28-5/h6-13H,1-5H3,(H,21,23)/b11-7+. The molecule has 2 aromatic rings. The number of hydrogen-bond donors (Lipinski definition) is 1. The molecule has 0 aromatic heterocycles. The second-order valence-electron chi connectivity index (χ2n) is 6.08. The van der Waals surface area contributed by atoms with Crippen molar-refractivity contribution >= 4 is 27.7 Å². The Balaban J connectivity index is 2.24. The summed E-state index contributed by atoms with van der Waals surface area (Å²) in [6.07, 6.45) is 2.92. The monoisotopic (exact) mass is 420 g/mol. The summed E-state index contributed by atoms with van der Waals surface area (Å²) in [5.41, 5.74) is 1.01. The Labute approximate surface area is 170 Å². The van der Waals surface area contributed by atoms with Gasteiger partial charge < -0.3 is 19.5 Å². The third-order valence-electron chi connectivity index (χ3n) is 4.04. The first-order chi connectivity index (χ1) is 13.7. The van der Waals surface area contributed by atoms with Crippen molar-refractivity contribution in [3.8, 4) is 17.2 Å². The van der Waals surface area contributed by atoms with Gasteiger partial charge in [-0.05, 0) is 36.4 Å². The van der Waals surface area contributed by atoms with Gasteiger partial charge in [0.05, 0.1) is 21.3 Å². The van der Waals surface area contributed by atoms with E-state index in [4.69, 9.17) is 14.2 Å². The summed E-state index contributed by atoms with van der Waals surface area (Å²) in [5, 5.41) is 2.65. The molecule has 2 aromatic carbocycles. The van der Waals surface area contributed by atoms with Crippen molar-refractivity contribution in [2.24, 2.45) is 0 Å². The van der Waals surface area contributed by atoms with Crippen molar-refractivity contribution in [2.45, 2.75) is 4.90 Å². The highest BCUT2D eigenvalue weighted by atomic mass is 32.2. The lowest BCUT2D eigenvalue weighted by Gasteiger charge is -2.15. The highest BCUT2D eigenvalue weighted by molar-refractivity contribution is 7.89. The van der Waals surface area contributed by atoms with Gasteiger partial charge in [-0.15, -0.1) is 0 Å². The van der Waals surface area contributed by atoms with E-state index < -0.39 is 15.9 Å². The van der Waals surface area contributed by atoms with Crippen LogP contribution in [0.15, 0.2) is 47.4 Å². The molecule has 8 nitrogen and oxygen atoms in total. The first-order valence-corrected chi connectivity index (χ1v) is 9.98. The molecule has 0 heterocycles. The molecule has 0 aliphatic carbocycles. The predicted octanol–water partition coefficient (Wildman–Crippen LogP) is 2.61. The number of rotatable bonds is 8. The first kappa shape index (κ1) is 22.3. The fraction of sp³-hybridized carbons (Fsp3) is 0.250. The van der Waals surface area contributed by atoms with Crippen LogP contribution in [0.25, 0.3) is 6.08 Å². The molecule has 1 N–H and O–H groups in total. The minimum absolute atomic E-state index is 0.0383. The lowest BCUT2D eigenvalue weighted by atomic mass is 10.1. The topological polar surface area (TPSA) is 94.2 Å². The molecule has 0 radical (unpaired) electrons. The van der Waals surface area contributed by atoms with Crippen LogP contribution >= 0.6 is 0 Å². The fourth-order valence-corrected chi connectivity index (χ4v) is 3.53. The number of sulfonamides is 1. The maximum absolute atomic E-state index is 12.5. The zero-order chi connectivity index (χ0) is 21.6. The van der Waals surface area contributed by atoms with E-state index in [2.05, 4.69) is 5.32 Å². The number of hydrogen-bond acceptors (Lipinski definition) is 6. The molecule has 9 heteroatoms. The highest BCUT2D eigenvalue weighted by Crippen LogP contribution is 2.29. The Morgan fingerprint density at radius 2 is 1.66 bits per heavy atom. The Morgan fingerprint density at radius 1 is 0.966 bits per heavy atom. The summed E-state index contributed by atoms with van der Waals surface area (Å²) in [4.78, 5) is 12.3. The van der Waals surface area contributed by atoms with E-state index in [-0.39, 0.29) is 10.6 Å². The fourth-order valence-electron chi connectivity index (χ4n) is 2.46. The van der Waals surface area contributed by atoms with Crippen molar-refractivity contribution in [3.05, 3.63) is 48.0 Å². The summed E-state index contributed by atoms with van der Waals surface area (Å²) in [6.45, 7) is 0. The van der Waals surface area contributed by atoms with Crippen LogP contribution in [0.4, 0.5) is 5.69 Å². The molecule has 0 atom stereocenters. The number of carbonyl (C=O) groups is 1. The summed E-state index contributed by atoms with van der Waals surface area (Å²) < 4.78 is 41.6. The van der Waals surface area contributed by atoms with Crippen molar-refractivity contribution in [1.82, 2.24) is 4.31 Å². The lowest BCUT2D eigenvalue weighted by Crippen LogP contribution is -2.23. The van der Waals surface area contributed by atoms with Crippen LogP contribution < -0.4 is 19.5 Å². The number of nitrogens with one attached hydrogen (secondary N) is 1. The van der Waals surface area contributed by atoms with Gasteiger partial charge in [-0.1, -0.05) is 0 Å². The van der Waals surface area contributed by atoms with Gasteiger partial charge in [0.15, 0.2) is 0 Å². The SMILES string of the molecule is COc1ccc(/C=C/C(=O)Nc2ccc(OC)c(S(=O)(=O)N(C)C)c2)c(OC)c1. The number of anilines is 1. The molecule has 1 amide bonds. The van der Waals surface area contributed by atoms with Gasteiger partial charge in [0.2, 0.25) is 15.9 Å². The van der Waals surface area contributed by atoms with Crippen LogP contribution in [0.5, 0.6) is 17.2 Å². The molecule has 0 aliphatic rings. The van der Waals surface area contributed by atoms with Crippen LogP contribution in [-0.2, 0) is 14.8 Å². The molecule has 0 saturated carbocycles. The smallest absolute Gasteiger partial charge is 0.248 e. The largest absolute Gasteiger partial charge is 0.497 e. The van der Waals surface area contributed by atoms with Crippen molar-refractivity contribution in [3.63, 3.8) is 0 Å². The van der Waals surface area contributed by atoms with Gasteiger partial charge >= 0.3 is 0 Å². The van der Waals surface area contributed by atoms with Crippen molar-refractivity contribution in [2.75, 3.05) is 40.7 Å². The van der Waals surface area contributed by atoms with E-state index in [9.17, 15) is 13.2 Å². The zero-order valence-corrected chi connectivity index (χ0v) is 17.7. The Bertz CT molecular complexity index is 1020. The van der Waals surface area contributed by atoms with Crippen LogP contribution in [0.2, 0.25) is 0 Å². The minimum Gasteiger partial charge on any atom is -0.497 e. The molecule has 156 valence electrons. The molecule has 0 fully saturated rings. The molecular weight excluding hydrogens is 396 g/mol. The maximum Gasteiger partial charge on any atom is 0.248 e.